The van der Waals surface area contributed by atoms with Crippen molar-refractivity contribution < 1.29 is 4.74 Å². The zero-order chi connectivity index (χ0) is 11.3. The average Bonchev–Trinajstić information content (AvgIpc) is 2.17. The first-order valence-corrected chi connectivity index (χ1v) is 5.96. The Morgan fingerprint density at radius 2 is 1.87 bits per heavy atom. The quantitative estimate of drug-likeness (QED) is 0.714. The largest absolute Gasteiger partial charge is 0.497 e. The van der Waals surface area contributed by atoms with Crippen molar-refractivity contribution in [3.05, 3.63) is 29.8 Å². The molecule has 3 heteroatoms. The third kappa shape index (κ3) is 4.58. The number of hydrogen-bond donors (Lipinski definition) is 0. The molecule has 0 N–H and O–H groups in total. The van der Waals surface area contributed by atoms with E-state index < -0.39 is 0 Å². The van der Waals surface area contributed by atoms with Crippen molar-refractivity contribution in [3.63, 3.8) is 0 Å². The fourth-order valence-corrected chi connectivity index (χ4v) is 2.33. The SMILES string of the molecule is COc1ccc(CN(C)SC(C)C)cc1. The number of ether oxygens (including phenoxy) is 1. The maximum Gasteiger partial charge on any atom is 0.118 e. The second-order valence-corrected chi connectivity index (χ2v) is 5.57. The highest BCUT2D eigenvalue weighted by Gasteiger charge is 2.03. The number of methoxy groups -OCH3 is 1. The molecule has 1 aromatic rings. The molecule has 0 atom stereocenters. The van der Waals surface area contributed by atoms with Gasteiger partial charge in [-0.15, -0.1) is 0 Å². The molecule has 15 heavy (non-hydrogen) atoms. The highest BCUT2D eigenvalue weighted by atomic mass is 32.2. The van der Waals surface area contributed by atoms with E-state index in [1.165, 1.54) is 5.56 Å². The van der Waals surface area contributed by atoms with Crippen molar-refractivity contribution in [2.75, 3.05) is 14.2 Å². The molecule has 0 aliphatic heterocycles. The van der Waals surface area contributed by atoms with Gasteiger partial charge in [0.25, 0.3) is 0 Å². The molecule has 0 heterocycles. The number of hydrogen-bond acceptors (Lipinski definition) is 3. The fraction of sp³-hybridized carbons (Fsp3) is 0.500. The van der Waals surface area contributed by atoms with E-state index in [-0.39, 0.29) is 0 Å². The molecular weight excluding hydrogens is 206 g/mol. The zero-order valence-corrected chi connectivity index (χ0v) is 10.7. The molecule has 1 rings (SSSR count). The molecule has 0 aromatic heterocycles. The van der Waals surface area contributed by atoms with Crippen LogP contribution in [0.2, 0.25) is 0 Å². The summed E-state index contributed by atoms with van der Waals surface area (Å²) in [6.07, 6.45) is 0. The average molecular weight is 225 g/mol. The topological polar surface area (TPSA) is 12.5 Å². The van der Waals surface area contributed by atoms with Crippen LogP contribution < -0.4 is 4.74 Å². The zero-order valence-electron chi connectivity index (χ0n) is 9.86. The first-order valence-electron chi connectivity index (χ1n) is 5.12. The van der Waals surface area contributed by atoms with E-state index in [1.807, 2.05) is 24.1 Å². The van der Waals surface area contributed by atoms with Gasteiger partial charge in [0.15, 0.2) is 0 Å². The van der Waals surface area contributed by atoms with Gasteiger partial charge in [-0.2, -0.15) is 0 Å². The third-order valence-corrected chi connectivity index (χ3v) is 2.87. The summed E-state index contributed by atoms with van der Waals surface area (Å²) < 4.78 is 7.38. The summed E-state index contributed by atoms with van der Waals surface area (Å²) >= 11 is 1.86. The van der Waals surface area contributed by atoms with Gasteiger partial charge in [-0.3, -0.25) is 0 Å². The summed E-state index contributed by atoms with van der Waals surface area (Å²) in [6, 6.07) is 8.22. The molecular formula is C12H19NOS. The molecule has 0 aliphatic carbocycles. The lowest BCUT2D eigenvalue weighted by Crippen LogP contribution is -2.11. The minimum atomic E-state index is 0.633. The molecule has 0 fully saturated rings. The van der Waals surface area contributed by atoms with Crippen LogP contribution in [-0.2, 0) is 6.54 Å². The Labute approximate surface area is 96.8 Å². The summed E-state index contributed by atoms with van der Waals surface area (Å²) in [5, 5.41) is 0.633. The van der Waals surface area contributed by atoms with Gasteiger partial charge in [-0.1, -0.05) is 37.9 Å². The van der Waals surface area contributed by atoms with Crippen LogP contribution in [-0.4, -0.2) is 23.7 Å². The Kier molecular flexibility index (Phi) is 4.99. The van der Waals surface area contributed by atoms with Crippen molar-refractivity contribution in [2.24, 2.45) is 0 Å². The Hall–Kier alpha value is -0.670. The number of rotatable bonds is 5. The highest BCUT2D eigenvalue weighted by Crippen LogP contribution is 2.18. The van der Waals surface area contributed by atoms with Crippen LogP contribution >= 0.6 is 11.9 Å². The molecule has 0 bridgehead atoms. The maximum absolute atomic E-state index is 5.12. The van der Waals surface area contributed by atoms with Gasteiger partial charge < -0.3 is 4.74 Å². The molecule has 0 radical (unpaired) electrons. The van der Waals surface area contributed by atoms with Crippen molar-refractivity contribution in [1.82, 2.24) is 4.31 Å². The smallest absolute Gasteiger partial charge is 0.118 e. The molecule has 0 amide bonds. The van der Waals surface area contributed by atoms with Crippen LogP contribution in [0.25, 0.3) is 0 Å². The highest BCUT2D eigenvalue weighted by molar-refractivity contribution is 7.97. The molecule has 0 spiro atoms. The van der Waals surface area contributed by atoms with E-state index in [2.05, 4.69) is 37.3 Å². The van der Waals surface area contributed by atoms with E-state index >= 15 is 0 Å². The molecule has 2 nitrogen and oxygen atoms in total. The Morgan fingerprint density at radius 1 is 1.27 bits per heavy atom. The Bertz CT molecular complexity index is 284. The van der Waals surface area contributed by atoms with Crippen LogP contribution in [0.15, 0.2) is 24.3 Å². The first-order chi connectivity index (χ1) is 7.11. The maximum atomic E-state index is 5.12. The van der Waals surface area contributed by atoms with E-state index in [1.54, 1.807) is 7.11 Å². The molecule has 0 saturated heterocycles. The molecule has 0 aliphatic rings. The van der Waals surface area contributed by atoms with Crippen LogP contribution in [0.1, 0.15) is 19.4 Å². The van der Waals surface area contributed by atoms with Crippen molar-refractivity contribution in [3.8, 4) is 5.75 Å². The van der Waals surface area contributed by atoms with E-state index in [0.717, 1.165) is 12.3 Å². The lowest BCUT2D eigenvalue weighted by Gasteiger charge is -2.17. The van der Waals surface area contributed by atoms with Crippen molar-refractivity contribution in [1.29, 1.82) is 0 Å². The lowest BCUT2D eigenvalue weighted by atomic mass is 10.2. The van der Waals surface area contributed by atoms with Gasteiger partial charge in [0.2, 0.25) is 0 Å². The van der Waals surface area contributed by atoms with Crippen LogP contribution in [0.4, 0.5) is 0 Å². The Morgan fingerprint density at radius 3 is 2.33 bits per heavy atom. The summed E-state index contributed by atoms with van der Waals surface area (Å²) in [5.74, 6) is 0.915. The molecule has 0 unspecified atom stereocenters. The summed E-state index contributed by atoms with van der Waals surface area (Å²) in [5.41, 5.74) is 1.31. The predicted octanol–water partition coefficient (Wildman–Crippen LogP) is 3.18. The fourth-order valence-electron chi connectivity index (χ4n) is 1.39. The molecule has 84 valence electrons. The number of benzene rings is 1. The minimum Gasteiger partial charge on any atom is -0.497 e. The summed E-state index contributed by atoms with van der Waals surface area (Å²) in [4.78, 5) is 0. The van der Waals surface area contributed by atoms with Crippen molar-refractivity contribution >= 4 is 11.9 Å². The van der Waals surface area contributed by atoms with Gasteiger partial charge >= 0.3 is 0 Å². The van der Waals surface area contributed by atoms with E-state index in [4.69, 9.17) is 4.74 Å². The van der Waals surface area contributed by atoms with Crippen LogP contribution in [0.5, 0.6) is 5.75 Å². The van der Waals surface area contributed by atoms with E-state index in [9.17, 15) is 0 Å². The van der Waals surface area contributed by atoms with Crippen LogP contribution in [0.3, 0.4) is 0 Å². The molecule has 1 aromatic carbocycles. The van der Waals surface area contributed by atoms with Crippen LogP contribution in [0, 0.1) is 0 Å². The second kappa shape index (κ2) is 6.03. The minimum absolute atomic E-state index is 0.633. The summed E-state index contributed by atoms with van der Waals surface area (Å²) in [7, 11) is 3.81. The standard InChI is InChI=1S/C12H19NOS/c1-10(2)15-13(3)9-11-5-7-12(14-4)8-6-11/h5-8,10H,9H2,1-4H3. The van der Waals surface area contributed by atoms with Gasteiger partial charge in [0, 0.05) is 11.8 Å². The summed E-state index contributed by atoms with van der Waals surface area (Å²) in [6.45, 7) is 5.37. The van der Waals surface area contributed by atoms with Gasteiger partial charge in [0.05, 0.1) is 7.11 Å². The van der Waals surface area contributed by atoms with Gasteiger partial charge in [0.1, 0.15) is 5.75 Å². The van der Waals surface area contributed by atoms with Crippen molar-refractivity contribution in [2.45, 2.75) is 25.6 Å². The third-order valence-electron chi connectivity index (χ3n) is 1.96. The van der Waals surface area contributed by atoms with Gasteiger partial charge in [-0.05, 0) is 24.7 Å². The first kappa shape index (κ1) is 12.4. The molecule has 0 saturated carbocycles. The monoisotopic (exact) mass is 225 g/mol. The normalized spacial score (nSPS) is 11.1. The Balaban J connectivity index is 2.49. The number of nitrogens with zero attached hydrogens (tertiary/aromatic N) is 1. The predicted molar refractivity (Wildman–Crippen MR) is 67.2 cm³/mol. The second-order valence-electron chi connectivity index (χ2n) is 3.79. The lowest BCUT2D eigenvalue weighted by molar-refractivity contribution is 0.414. The van der Waals surface area contributed by atoms with Gasteiger partial charge in [-0.25, -0.2) is 4.31 Å². The van der Waals surface area contributed by atoms with E-state index in [0.29, 0.717) is 5.25 Å².